The number of benzene rings is 2. The van der Waals surface area contributed by atoms with Crippen LogP contribution in [0.5, 0.6) is 11.5 Å². The number of phenolic OH excluding ortho intramolecular Hbond substituents is 1. The minimum atomic E-state index is -1.78. The summed E-state index contributed by atoms with van der Waals surface area (Å²) in [6.45, 7) is 0.606. The molecular formula is C26H32O13. The Morgan fingerprint density at radius 2 is 1.56 bits per heavy atom. The molecule has 10 atom stereocenters. The van der Waals surface area contributed by atoms with Crippen LogP contribution < -0.4 is 4.74 Å². The van der Waals surface area contributed by atoms with Crippen LogP contribution in [0.15, 0.2) is 48.5 Å². The molecule has 13 heteroatoms. The van der Waals surface area contributed by atoms with Crippen molar-refractivity contribution in [1.82, 2.24) is 0 Å². The van der Waals surface area contributed by atoms with Crippen molar-refractivity contribution in [2.45, 2.75) is 74.9 Å². The highest BCUT2D eigenvalue weighted by Crippen LogP contribution is 2.34. The Hall–Kier alpha value is -2.85. The first-order valence-corrected chi connectivity index (χ1v) is 12.3. The summed E-state index contributed by atoms with van der Waals surface area (Å²) in [6, 6.07) is 12.8. The Balaban J connectivity index is 1.53. The molecule has 13 nitrogen and oxygen atoms in total. The highest BCUT2D eigenvalue weighted by molar-refractivity contribution is 5.95. The standard InChI is InChI=1S/C26H32O13/c1-12-18(29)20(31)21(32)25(36-12)39-23-19(30)16(10-27)38-26(22(23)33)37-15-9-5-8-14(28)17(15)24(34)35-11-13-6-3-2-4-7-13/h2-9,12,16,18-23,25-33H,10-11H2,1H3/t12-,16+,18-,19+,20+,21+,22+,23-,25-,26+/m0/s1. The average Bonchev–Trinajstić information content (AvgIpc) is 2.93. The van der Waals surface area contributed by atoms with Crippen molar-refractivity contribution in [3.8, 4) is 11.5 Å². The van der Waals surface area contributed by atoms with Crippen molar-refractivity contribution in [2.24, 2.45) is 0 Å². The molecule has 0 aliphatic carbocycles. The van der Waals surface area contributed by atoms with Crippen molar-refractivity contribution < 1.29 is 64.2 Å². The van der Waals surface area contributed by atoms with Crippen LogP contribution in [0.2, 0.25) is 0 Å². The van der Waals surface area contributed by atoms with Gasteiger partial charge in [-0.15, -0.1) is 0 Å². The Labute approximate surface area is 223 Å². The van der Waals surface area contributed by atoms with E-state index < -0.39 is 79.7 Å². The van der Waals surface area contributed by atoms with Crippen molar-refractivity contribution in [1.29, 1.82) is 0 Å². The van der Waals surface area contributed by atoms with E-state index in [1.165, 1.54) is 25.1 Å². The van der Waals surface area contributed by atoms with Gasteiger partial charge in [-0.1, -0.05) is 36.4 Å². The lowest BCUT2D eigenvalue weighted by Crippen LogP contribution is -2.64. The number of carbonyl (C=O) groups excluding carboxylic acids is 1. The number of phenols is 1. The largest absolute Gasteiger partial charge is 0.507 e. The summed E-state index contributed by atoms with van der Waals surface area (Å²) in [6.07, 6.45) is -15.3. The topological polar surface area (TPSA) is 205 Å². The van der Waals surface area contributed by atoms with Crippen LogP contribution in [-0.2, 0) is 25.6 Å². The highest BCUT2D eigenvalue weighted by Gasteiger charge is 2.51. The molecule has 2 aliphatic rings. The summed E-state index contributed by atoms with van der Waals surface area (Å²) in [4.78, 5) is 12.8. The molecule has 4 rings (SSSR count). The van der Waals surface area contributed by atoms with Crippen molar-refractivity contribution in [3.63, 3.8) is 0 Å². The summed E-state index contributed by atoms with van der Waals surface area (Å²) >= 11 is 0. The lowest BCUT2D eigenvalue weighted by Gasteiger charge is -2.45. The first kappa shape index (κ1) is 29.1. The van der Waals surface area contributed by atoms with Gasteiger partial charge in [0.05, 0.1) is 12.7 Å². The lowest BCUT2D eigenvalue weighted by atomic mass is 9.97. The molecule has 0 radical (unpaired) electrons. The van der Waals surface area contributed by atoms with E-state index in [1.807, 2.05) is 0 Å². The van der Waals surface area contributed by atoms with Crippen LogP contribution in [0.3, 0.4) is 0 Å². The van der Waals surface area contributed by atoms with E-state index in [-0.39, 0.29) is 17.9 Å². The van der Waals surface area contributed by atoms with E-state index in [2.05, 4.69) is 0 Å². The predicted octanol–water partition coefficient (Wildman–Crippen LogP) is -1.22. The number of aromatic hydroxyl groups is 1. The quantitative estimate of drug-likeness (QED) is 0.192. The molecule has 2 heterocycles. The zero-order valence-corrected chi connectivity index (χ0v) is 20.9. The zero-order chi connectivity index (χ0) is 28.3. The maximum absolute atomic E-state index is 12.8. The minimum absolute atomic E-state index is 0.0899. The van der Waals surface area contributed by atoms with Gasteiger partial charge in [-0.2, -0.15) is 0 Å². The Morgan fingerprint density at radius 3 is 2.26 bits per heavy atom. The number of aliphatic hydroxyl groups is 6. The fourth-order valence-corrected chi connectivity index (χ4v) is 4.34. The van der Waals surface area contributed by atoms with Gasteiger partial charge in [0.1, 0.15) is 66.4 Å². The monoisotopic (exact) mass is 552 g/mol. The van der Waals surface area contributed by atoms with Crippen LogP contribution in [0.1, 0.15) is 22.8 Å². The highest BCUT2D eigenvalue weighted by atomic mass is 16.7. The van der Waals surface area contributed by atoms with E-state index in [1.54, 1.807) is 30.3 Å². The number of esters is 1. The first-order chi connectivity index (χ1) is 18.6. The van der Waals surface area contributed by atoms with Gasteiger partial charge < -0.3 is 59.4 Å². The number of rotatable bonds is 8. The molecule has 2 aromatic rings. The molecule has 0 unspecified atom stereocenters. The third-order valence-corrected chi connectivity index (χ3v) is 6.59. The molecule has 2 aliphatic heterocycles. The van der Waals surface area contributed by atoms with E-state index in [0.717, 1.165) is 0 Å². The third kappa shape index (κ3) is 6.32. The van der Waals surface area contributed by atoms with Gasteiger partial charge in [0.15, 0.2) is 6.29 Å². The van der Waals surface area contributed by atoms with E-state index in [0.29, 0.717) is 5.56 Å². The number of carbonyl (C=O) groups is 1. The number of ether oxygens (including phenoxy) is 5. The van der Waals surface area contributed by atoms with Gasteiger partial charge in [-0.3, -0.25) is 0 Å². The first-order valence-electron chi connectivity index (χ1n) is 12.3. The molecule has 2 fully saturated rings. The summed E-state index contributed by atoms with van der Waals surface area (Å²) in [5.41, 5.74) is 0.346. The Kier molecular flexibility index (Phi) is 9.38. The molecule has 0 amide bonds. The van der Waals surface area contributed by atoms with Crippen LogP contribution >= 0.6 is 0 Å². The Bertz CT molecular complexity index is 1100. The summed E-state index contributed by atoms with van der Waals surface area (Å²) in [5.74, 6) is -1.63. The summed E-state index contributed by atoms with van der Waals surface area (Å²) in [7, 11) is 0. The summed E-state index contributed by atoms with van der Waals surface area (Å²) in [5, 5.41) is 72.1. The maximum Gasteiger partial charge on any atom is 0.346 e. The molecule has 0 bridgehead atoms. The van der Waals surface area contributed by atoms with Crippen molar-refractivity contribution in [3.05, 3.63) is 59.7 Å². The van der Waals surface area contributed by atoms with Gasteiger partial charge in [0.25, 0.3) is 0 Å². The minimum Gasteiger partial charge on any atom is -0.507 e. The fraction of sp³-hybridized carbons (Fsp3) is 0.500. The van der Waals surface area contributed by atoms with E-state index >= 15 is 0 Å². The number of hydrogen-bond acceptors (Lipinski definition) is 13. The van der Waals surface area contributed by atoms with Crippen LogP contribution in [-0.4, -0.2) is 110 Å². The lowest BCUT2D eigenvalue weighted by molar-refractivity contribution is -0.349. The van der Waals surface area contributed by atoms with Crippen molar-refractivity contribution >= 4 is 5.97 Å². The van der Waals surface area contributed by atoms with E-state index in [9.17, 15) is 40.5 Å². The number of aliphatic hydroxyl groups excluding tert-OH is 6. The predicted molar refractivity (Wildman–Crippen MR) is 129 cm³/mol. The van der Waals surface area contributed by atoms with Crippen LogP contribution in [0, 0.1) is 0 Å². The third-order valence-electron chi connectivity index (χ3n) is 6.59. The smallest absolute Gasteiger partial charge is 0.346 e. The Morgan fingerprint density at radius 1 is 0.846 bits per heavy atom. The normalized spacial score (nSPS) is 34.8. The van der Waals surface area contributed by atoms with Gasteiger partial charge >= 0.3 is 5.97 Å². The molecule has 39 heavy (non-hydrogen) atoms. The molecule has 2 aromatic carbocycles. The van der Waals surface area contributed by atoms with Gasteiger partial charge in [0.2, 0.25) is 6.29 Å². The van der Waals surface area contributed by atoms with Gasteiger partial charge in [-0.05, 0) is 24.6 Å². The molecule has 0 spiro atoms. The van der Waals surface area contributed by atoms with Gasteiger partial charge in [-0.25, -0.2) is 4.79 Å². The summed E-state index contributed by atoms with van der Waals surface area (Å²) < 4.78 is 27.5. The second-order valence-electron chi connectivity index (χ2n) is 9.32. The molecular weight excluding hydrogens is 520 g/mol. The second-order valence-corrected chi connectivity index (χ2v) is 9.32. The van der Waals surface area contributed by atoms with Crippen molar-refractivity contribution in [2.75, 3.05) is 6.61 Å². The average molecular weight is 553 g/mol. The second kappa shape index (κ2) is 12.6. The molecule has 214 valence electrons. The SMILES string of the molecule is C[C@@H]1O[C@@H](O[C@@H]2[C@@H](O)[C@H](Oc3cccc(O)c3C(=O)OCc3ccccc3)O[C@H](CO)[C@H]2O)[C@H](O)[C@H](O)[C@H]1O. The fourth-order valence-electron chi connectivity index (χ4n) is 4.34. The van der Waals surface area contributed by atoms with Gasteiger partial charge in [0, 0.05) is 0 Å². The van der Waals surface area contributed by atoms with Crippen LogP contribution in [0.25, 0.3) is 0 Å². The maximum atomic E-state index is 12.8. The molecule has 2 saturated heterocycles. The molecule has 7 N–H and O–H groups in total. The molecule has 0 aromatic heterocycles. The van der Waals surface area contributed by atoms with Crippen LogP contribution in [0.4, 0.5) is 0 Å². The molecule has 0 saturated carbocycles. The van der Waals surface area contributed by atoms with E-state index in [4.69, 9.17) is 23.7 Å². The zero-order valence-electron chi connectivity index (χ0n) is 20.9. The number of hydrogen-bond donors (Lipinski definition) is 7.